The number of carbonyl (C=O) groups excluding carboxylic acids is 1. The molecule has 0 aliphatic carbocycles. The van der Waals surface area contributed by atoms with Gasteiger partial charge in [-0.1, -0.05) is 0 Å². The summed E-state index contributed by atoms with van der Waals surface area (Å²) in [6, 6.07) is 10.3. The molecule has 140 valence electrons. The third kappa shape index (κ3) is 4.63. The van der Waals surface area contributed by atoms with Crippen LogP contribution in [0.5, 0.6) is 0 Å². The minimum atomic E-state index is -0.982. The molecule has 0 radical (unpaired) electrons. The predicted octanol–water partition coefficient (Wildman–Crippen LogP) is 2.46. The summed E-state index contributed by atoms with van der Waals surface area (Å²) < 4.78 is 6.82. The molecule has 0 fully saturated rings. The Morgan fingerprint density at radius 3 is 2.52 bits per heavy atom. The van der Waals surface area contributed by atoms with Crippen LogP contribution >= 0.6 is 0 Å². The van der Waals surface area contributed by atoms with E-state index in [2.05, 4.69) is 5.32 Å². The zero-order valence-corrected chi connectivity index (χ0v) is 15.4. The zero-order chi connectivity index (χ0) is 20.0. The third-order valence-electron chi connectivity index (χ3n) is 4.10. The second kappa shape index (κ2) is 8.83. The van der Waals surface area contributed by atoms with Crippen molar-refractivity contribution < 1.29 is 19.4 Å². The highest BCUT2D eigenvalue weighted by Gasteiger charge is 2.14. The molecule has 1 amide bonds. The molecule has 0 saturated carbocycles. The Balaban J connectivity index is 2.35. The minimum Gasteiger partial charge on any atom is -0.478 e. The minimum absolute atomic E-state index is 0.00702. The van der Waals surface area contributed by atoms with Gasteiger partial charge in [0.1, 0.15) is 11.6 Å². The van der Waals surface area contributed by atoms with Gasteiger partial charge in [0.25, 0.3) is 5.91 Å². The van der Waals surface area contributed by atoms with Crippen molar-refractivity contribution in [1.82, 2.24) is 9.88 Å². The van der Waals surface area contributed by atoms with E-state index in [1.807, 2.05) is 30.6 Å². The van der Waals surface area contributed by atoms with E-state index in [1.54, 1.807) is 18.2 Å². The van der Waals surface area contributed by atoms with E-state index in [0.717, 1.165) is 22.6 Å². The summed E-state index contributed by atoms with van der Waals surface area (Å²) in [5.41, 5.74) is 3.51. The van der Waals surface area contributed by atoms with Gasteiger partial charge in [-0.3, -0.25) is 4.79 Å². The van der Waals surface area contributed by atoms with Gasteiger partial charge in [0.2, 0.25) is 0 Å². The summed E-state index contributed by atoms with van der Waals surface area (Å²) in [5, 5.41) is 21.0. The first-order valence-corrected chi connectivity index (χ1v) is 8.30. The quantitative estimate of drug-likeness (QED) is 0.444. The molecule has 0 aliphatic heterocycles. The maximum absolute atomic E-state index is 12.1. The summed E-state index contributed by atoms with van der Waals surface area (Å²) in [4.78, 5) is 23.1. The number of nitriles is 1. The second-order valence-electron chi connectivity index (χ2n) is 5.93. The monoisotopic (exact) mass is 367 g/mol. The highest BCUT2D eigenvalue weighted by atomic mass is 16.5. The van der Waals surface area contributed by atoms with Crippen molar-refractivity contribution in [2.24, 2.45) is 0 Å². The number of benzene rings is 1. The van der Waals surface area contributed by atoms with Gasteiger partial charge in [-0.15, -0.1) is 0 Å². The van der Waals surface area contributed by atoms with Crippen LogP contribution in [-0.2, 0) is 9.53 Å². The Kier molecular flexibility index (Phi) is 6.52. The Labute approximate surface area is 157 Å². The molecule has 0 bridgehead atoms. The topological polar surface area (TPSA) is 104 Å². The maximum Gasteiger partial charge on any atom is 0.335 e. The van der Waals surface area contributed by atoms with Gasteiger partial charge in [0.05, 0.1) is 12.2 Å². The van der Waals surface area contributed by atoms with Gasteiger partial charge in [0, 0.05) is 30.7 Å². The Hall–Kier alpha value is -3.37. The molecule has 1 aromatic carbocycles. The molecule has 0 aliphatic rings. The number of rotatable bonds is 7. The Morgan fingerprint density at radius 1 is 1.30 bits per heavy atom. The van der Waals surface area contributed by atoms with Gasteiger partial charge in [-0.2, -0.15) is 5.26 Å². The SMILES string of the molecule is COCCNC(=O)/C(C#N)=C/c1cc(C)n(-c2ccc(C(=O)O)cc2)c1C. The summed E-state index contributed by atoms with van der Waals surface area (Å²) in [7, 11) is 1.53. The smallest absolute Gasteiger partial charge is 0.335 e. The molecule has 0 atom stereocenters. The second-order valence-corrected chi connectivity index (χ2v) is 5.93. The maximum atomic E-state index is 12.1. The lowest BCUT2D eigenvalue weighted by atomic mass is 10.1. The average Bonchev–Trinajstić information content (AvgIpc) is 2.93. The standard InChI is InChI=1S/C20H21N3O4/c1-13-10-16(11-17(12-21)19(24)22-8-9-27-3)14(2)23(13)18-6-4-15(5-7-18)20(25)26/h4-7,10-11H,8-9H2,1-3H3,(H,22,24)(H,25,26)/b17-11+. The number of aromatic nitrogens is 1. The fraction of sp³-hybridized carbons (Fsp3) is 0.250. The number of hydrogen-bond donors (Lipinski definition) is 2. The first-order chi connectivity index (χ1) is 12.9. The normalized spacial score (nSPS) is 11.1. The number of aryl methyl sites for hydroxylation is 1. The number of nitrogens with zero attached hydrogens (tertiary/aromatic N) is 2. The highest BCUT2D eigenvalue weighted by molar-refractivity contribution is 6.01. The van der Waals surface area contributed by atoms with Gasteiger partial charge in [-0.05, 0) is 55.8 Å². The average molecular weight is 367 g/mol. The first-order valence-electron chi connectivity index (χ1n) is 8.30. The Bertz CT molecular complexity index is 918. The fourth-order valence-corrected chi connectivity index (χ4v) is 2.75. The number of carbonyl (C=O) groups is 2. The van der Waals surface area contributed by atoms with Crippen LogP contribution in [0.4, 0.5) is 0 Å². The van der Waals surface area contributed by atoms with Crippen molar-refractivity contribution in [2.45, 2.75) is 13.8 Å². The molecule has 27 heavy (non-hydrogen) atoms. The predicted molar refractivity (Wildman–Crippen MR) is 101 cm³/mol. The van der Waals surface area contributed by atoms with E-state index in [-0.39, 0.29) is 11.1 Å². The molecule has 0 saturated heterocycles. The van der Waals surface area contributed by atoms with E-state index >= 15 is 0 Å². The summed E-state index contributed by atoms with van der Waals surface area (Å²) in [6.07, 6.45) is 1.55. The molecule has 2 rings (SSSR count). The zero-order valence-electron chi connectivity index (χ0n) is 15.4. The number of amides is 1. The summed E-state index contributed by atoms with van der Waals surface area (Å²) in [6.45, 7) is 4.47. The van der Waals surface area contributed by atoms with Crippen molar-refractivity contribution in [3.05, 3.63) is 58.4 Å². The summed E-state index contributed by atoms with van der Waals surface area (Å²) in [5.74, 6) is -1.44. The molecule has 2 N–H and O–H groups in total. The number of aromatic carboxylic acids is 1. The lowest BCUT2D eigenvalue weighted by Crippen LogP contribution is -2.27. The van der Waals surface area contributed by atoms with Gasteiger partial charge >= 0.3 is 5.97 Å². The number of carboxylic acids is 1. The molecule has 7 nitrogen and oxygen atoms in total. The lowest BCUT2D eigenvalue weighted by Gasteiger charge is -2.10. The number of methoxy groups -OCH3 is 1. The van der Waals surface area contributed by atoms with Crippen molar-refractivity contribution in [3.8, 4) is 11.8 Å². The van der Waals surface area contributed by atoms with E-state index in [1.165, 1.54) is 19.2 Å². The molecular formula is C20H21N3O4. The van der Waals surface area contributed by atoms with Crippen LogP contribution in [0.3, 0.4) is 0 Å². The number of carboxylic acid groups (broad SMARTS) is 1. The van der Waals surface area contributed by atoms with Crippen LogP contribution < -0.4 is 5.32 Å². The molecule has 2 aromatic rings. The largest absolute Gasteiger partial charge is 0.478 e. The van der Waals surface area contributed by atoms with Crippen LogP contribution in [-0.4, -0.2) is 41.8 Å². The molecule has 1 heterocycles. The lowest BCUT2D eigenvalue weighted by molar-refractivity contribution is -0.117. The molecule has 7 heteroatoms. The van der Waals surface area contributed by atoms with E-state index in [0.29, 0.717) is 13.2 Å². The van der Waals surface area contributed by atoms with Gasteiger partial charge < -0.3 is 19.7 Å². The van der Waals surface area contributed by atoms with Crippen LogP contribution in [0.1, 0.15) is 27.3 Å². The van der Waals surface area contributed by atoms with Crippen molar-refractivity contribution >= 4 is 18.0 Å². The molecular weight excluding hydrogens is 346 g/mol. The molecule has 1 aromatic heterocycles. The number of ether oxygens (including phenoxy) is 1. The molecule has 0 spiro atoms. The first kappa shape index (κ1) is 19.9. The van der Waals surface area contributed by atoms with Crippen molar-refractivity contribution in [3.63, 3.8) is 0 Å². The third-order valence-corrected chi connectivity index (χ3v) is 4.10. The van der Waals surface area contributed by atoms with Crippen LogP contribution in [0.25, 0.3) is 11.8 Å². The van der Waals surface area contributed by atoms with E-state index < -0.39 is 11.9 Å². The van der Waals surface area contributed by atoms with Gasteiger partial charge in [-0.25, -0.2) is 4.79 Å². The van der Waals surface area contributed by atoms with Crippen LogP contribution in [0.2, 0.25) is 0 Å². The van der Waals surface area contributed by atoms with Gasteiger partial charge in [0.15, 0.2) is 0 Å². The summed E-state index contributed by atoms with van der Waals surface area (Å²) >= 11 is 0. The van der Waals surface area contributed by atoms with Crippen molar-refractivity contribution in [2.75, 3.05) is 20.3 Å². The van der Waals surface area contributed by atoms with E-state index in [9.17, 15) is 14.9 Å². The van der Waals surface area contributed by atoms with Crippen molar-refractivity contribution in [1.29, 1.82) is 5.26 Å². The number of nitrogens with one attached hydrogen (secondary N) is 1. The number of hydrogen-bond acceptors (Lipinski definition) is 4. The fourth-order valence-electron chi connectivity index (χ4n) is 2.75. The van der Waals surface area contributed by atoms with Crippen LogP contribution in [0.15, 0.2) is 35.9 Å². The van der Waals surface area contributed by atoms with E-state index in [4.69, 9.17) is 9.84 Å². The highest BCUT2D eigenvalue weighted by Crippen LogP contribution is 2.23. The van der Waals surface area contributed by atoms with Crippen LogP contribution in [0, 0.1) is 25.2 Å². The molecule has 0 unspecified atom stereocenters. The Morgan fingerprint density at radius 2 is 1.96 bits per heavy atom.